The maximum absolute atomic E-state index is 12.5. The Morgan fingerprint density at radius 3 is 2.34 bits per heavy atom. The second kappa shape index (κ2) is 8.37. The van der Waals surface area contributed by atoms with Crippen LogP contribution in [0.1, 0.15) is 58.1 Å². The number of amides is 3. The van der Waals surface area contributed by atoms with Gasteiger partial charge in [0.1, 0.15) is 6.54 Å². The van der Waals surface area contributed by atoms with Crippen molar-refractivity contribution < 1.29 is 14.4 Å². The number of imide groups is 1. The molecule has 0 bridgehead atoms. The fourth-order valence-electron chi connectivity index (χ4n) is 4.44. The summed E-state index contributed by atoms with van der Waals surface area (Å²) in [6.07, 6.45) is 6.27. The molecule has 0 atom stereocenters. The number of fused-ring (bicyclic) bond motifs is 1. The summed E-state index contributed by atoms with van der Waals surface area (Å²) in [5, 5.41) is 7.54. The SMILES string of the molecule is O=C(CN1C(=O)c2ccccc2C1=O)NCc1cc(-c2ccccn2)n(C2CCCC2)n1. The summed E-state index contributed by atoms with van der Waals surface area (Å²) in [6.45, 7) is -0.107. The van der Waals surface area contributed by atoms with E-state index in [4.69, 9.17) is 5.10 Å². The Bertz CT molecular complexity index is 1150. The fourth-order valence-corrected chi connectivity index (χ4v) is 4.44. The number of benzene rings is 1. The van der Waals surface area contributed by atoms with Gasteiger partial charge < -0.3 is 5.32 Å². The molecule has 32 heavy (non-hydrogen) atoms. The van der Waals surface area contributed by atoms with Crippen LogP contribution in [0.3, 0.4) is 0 Å². The molecule has 2 aromatic heterocycles. The van der Waals surface area contributed by atoms with Gasteiger partial charge in [-0.2, -0.15) is 5.10 Å². The molecule has 1 aliphatic carbocycles. The molecule has 1 fully saturated rings. The summed E-state index contributed by atoms with van der Waals surface area (Å²) >= 11 is 0. The lowest BCUT2D eigenvalue weighted by Gasteiger charge is -2.14. The average molecular weight is 429 g/mol. The van der Waals surface area contributed by atoms with Crippen LogP contribution in [0, 0.1) is 0 Å². The molecule has 1 aliphatic heterocycles. The number of carbonyl (C=O) groups excluding carboxylic acids is 3. The third-order valence-corrected chi connectivity index (χ3v) is 6.03. The minimum atomic E-state index is -0.441. The molecule has 3 aromatic rings. The van der Waals surface area contributed by atoms with Gasteiger partial charge in [-0.3, -0.25) is 28.9 Å². The Balaban J connectivity index is 1.28. The van der Waals surface area contributed by atoms with Gasteiger partial charge in [0.15, 0.2) is 0 Å². The standard InChI is InChI=1S/C24H23N5O3/c30-22(15-28-23(31)18-9-3-4-10-19(18)24(28)32)26-14-16-13-21(20-11-5-6-12-25-20)29(27-16)17-7-1-2-8-17/h3-6,9-13,17H,1-2,7-8,14-15H2,(H,26,30). The number of hydrogen-bond donors (Lipinski definition) is 1. The number of hydrogen-bond acceptors (Lipinski definition) is 5. The maximum atomic E-state index is 12.5. The number of carbonyl (C=O) groups is 3. The molecule has 0 saturated heterocycles. The van der Waals surface area contributed by atoms with E-state index in [-0.39, 0.29) is 13.1 Å². The minimum Gasteiger partial charge on any atom is -0.349 e. The summed E-state index contributed by atoms with van der Waals surface area (Å²) in [5.41, 5.74) is 3.16. The highest BCUT2D eigenvalue weighted by atomic mass is 16.2. The molecule has 8 nitrogen and oxygen atoms in total. The van der Waals surface area contributed by atoms with Crippen LogP contribution in [0.4, 0.5) is 0 Å². The van der Waals surface area contributed by atoms with Crippen LogP contribution in [0.2, 0.25) is 0 Å². The van der Waals surface area contributed by atoms with Crippen LogP contribution >= 0.6 is 0 Å². The number of aromatic nitrogens is 3. The van der Waals surface area contributed by atoms with Gasteiger partial charge in [0.05, 0.1) is 40.8 Å². The first-order chi connectivity index (χ1) is 15.6. The molecule has 0 radical (unpaired) electrons. The van der Waals surface area contributed by atoms with Gasteiger partial charge in [-0.15, -0.1) is 0 Å². The Kier molecular flexibility index (Phi) is 5.26. The highest BCUT2D eigenvalue weighted by Crippen LogP contribution is 2.33. The van der Waals surface area contributed by atoms with Crippen LogP contribution in [-0.2, 0) is 11.3 Å². The van der Waals surface area contributed by atoms with Crippen LogP contribution in [0.5, 0.6) is 0 Å². The Morgan fingerprint density at radius 1 is 1.00 bits per heavy atom. The summed E-state index contributed by atoms with van der Waals surface area (Å²) in [5.74, 6) is -1.29. The number of nitrogens with zero attached hydrogens (tertiary/aromatic N) is 4. The summed E-state index contributed by atoms with van der Waals surface area (Å²) in [6, 6.07) is 14.6. The first-order valence-corrected chi connectivity index (χ1v) is 10.8. The van der Waals surface area contributed by atoms with Crippen molar-refractivity contribution in [3.63, 3.8) is 0 Å². The maximum Gasteiger partial charge on any atom is 0.262 e. The lowest BCUT2D eigenvalue weighted by atomic mass is 10.1. The summed E-state index contributed by atoms with van der Waals surface area (Å²) < 4.78 is 2.03. The van der Waals surface area contributed by atoms with Gasteiger partial charge in [-0.1, -0.05) is 31.0 Å². The quantitative estimate of drug-likeness (QED) is 0.608. The van der Waals surface area contributed by atoms with Crippen LogP contribution in [0.25, 0.3) is 11.4 Å². The lowest BCUT2D eigenvalue weighted by molar-refractivity contribution is -0.121. The van der Waals surface area contributed by atoms with Crippen molar-refractivity contribution in [2.45, 2.75) is 38.3 Å². The second-order valence-electron chi connectivity index (χ2n) is 8.14. The van der Waals surface area contributed by atoms with E-state index in [9.17, 15) is 14.4 Å². The molecule has 1 aromatic carbocycles. The molecule has 0 spiro atoms. The third-order valence-electron chi connectivity index (χ3n) is 6.03. The van der Waals surface area contributed by atoms with E-state index < -0.39 is 17.7 Å². The number of nitrogens with one attached hydrogen (secondary N) is 1. The molecule has 0 unspecified atom stereocenters. The van der Waals surface area contributed by atoms with E-state index in [1.807, 2.05) is 28.9 Å². The largest absolute Gasteiger partial charge is 0.349 e. The van der Waals surface area contributed by atoms with Crippen molar-refractivity contribution in [3.8, 4) is 11.4 Å². The van der Waals surface area contributed by atoms with Gasteiger partial charge in [0.2, 0.25) is 5.91 Å². The number of rotatable bonds is 6. The monoisotopic (exact) mass is 429 g/mol. The molecule has 1 saturated carbocycles. The van der Waals surface area contributed by atoms with Crippen molar-refractivity contribution in [2.24, 2.45) is 0 Å². The topological polar surface area (TPSA) is 97.2 Å². The zero-order valence-electron chi connectivity index (χ0n) is 17.5. The van der Waals surface area contributed by atoms with E-state index in [0.717, 1.165) is 29.1 Å². The van der Waals surface area contributed by atoms with E-state index in [0.29, 0.717) is 22.9 Å². The predicted molar refractivity (Wildman–Crippen MR) is 117 cm³/mol. The van der Waals surface area contributed by atoms with E-state index in [2.05, 4.69) is 10.3 Å². The molecule has 162 valence electrons. The first kappa shape index (κ1) is 20.1. The normalized spacial score (nSPS) is 15.9. The van der Waals surface area contributed by atoms with E-state index >= 15 is 0 Å². The van der Waals surface area contributed by atoms with Crippen molar-refractivity contribution in [2.75, 3.05) is 6.54 Å². The Morgan fingerprint density at radius 2 is 1.69 bits per heavy atom. The first-order valence-electron chi connectivity index (χ1n) is 10.8. The molecule has 2 aliphatic rings. The molecular weight excluding hydrogens is 406 g/mol. The summed E-state index contributed by atoms with van der Waals surface area (Å²) in [7, 11) is 0. The van der Waals surface area contributed by atoms with Crippen molar-refractivity contribution in [1.82, 2.24) is 25.0 Å². The molecule has 3 heterocycles. The van der Waals surface area contributed by atoms with Crippen LogP contribution in [0.15, 0.2) is 54.7 Å². The Hall–Kier alpha value is -3.81. The van der Waals surface area contributed by atoms with Gasteiger partial charge in [-0.25, -0.2) is 0 Å². The molecule has 8 heteroatoms. The van der Waals surface area contributed by atoms with Crippen molar-refractivity contribution in [1.29, 1.82) is 0 Å². The number of pyridine rings is 1. The molecule has 5 rings (SSSR count). The minimum absolute atomic E-state index is 0.210. The van der Waals surface area contributed by atoms with Gasteiger partial charge in [0, 0.05) is 6.20 Å². The van der Waals surface area contributed by atoms with Crippen LogP contribution in [-0.4, -0.2) is 43.9 Å². The second-order valence-corrected chi connectivity index (χ2v) is 8.14. The Labute approximate surface area is 185 Å². The van der Waals surface area contributed by atoms with Gasteiger partial charge in [-0.05, 0) is 43.2 Å². The zero-order chi connectivity index (χ0) is 22.1. The summed E-state index contributed by atoms with van der Waals surface area (Å²) in [4.78, 5) is 42.9. The average Bonchev–Trinajstić information content (AvgIpc) is 3.55. The molecule has 3 amide bonds. The lowest BCUT2D eigenvalue weighted by Crippen LogP contribution is -2.40. The zero-order valence-corrected chi connectivity index (χ0v) is 17.5. The van der Waals surface area contributed by atoms with Crippen molar-refractivity contribution >= 4 is 17.7 Å². The highest BCUT2D eigenvalue weighted by Gasteiger charge is 2.36. The third kappa shape index (κ3) is 3.68. The molecule has 1 N–H and O–H groups in total. The highest BCUT2D eigenvalue weighted by molar-refractivity contribution is 6.22. The van der Waals surface area contributed by atoms with Gasteiger partial charge >= 0.3 is 0 Å². The molecular formula is C24H23N5O3. The van der Waals surface area contributed by atoms with Crippen LogP contribution < -0.4 is 5.32 Å². The fraction of sp³-hybridized carbons (Fsp3) is 0.292. The van der Waals surface area contributed by atoms with Gasteiger partial charge in [0.25, 0.3) is 11.8 Å². The van der Waals surface area contributed by atoms with E-state index in [1.165, 1.54) is 12.8 Å². The van der Waals surface area contributed by atoms with E-state index in [1.54, 1.807) is 30.5 Å². The van der Waals surface area contributed by atoms with Crippen molar-refractivity contribution in [3.05, 3.63) is 71.5 Å². The predicted octanol–water partition coefficient (Wildman–Crippen LogP) is 2.97. The smallest absolute Gasteiger partial charge is 0.262 e.